The van der Waals surface area contributed by atoms with Crippen LogP contribution in [0.1, 0.15) is 13.8 Å². The molecule has 11 heavy (non-hydrogen) atoms. The Labute approximate surface area is 67.3 Å². The van der Waals surface area contributed by atoms with Gasteiger partial charge in [-0.3, -0.25) is 4.79 Å². The van der Waals surface area contributed by atoms with Crippen LogP contribution in [0.2, 0.25) is 0 Å². The zero-order valence-electron chi connectivity index (χ0n) is 7.12. The third-order valence-corrected chi connectivity index (χ3v) is 2.11. The zero-order chi connectivity index (χ0) is 8.27. The van der Waals surface area contributed by atoms with Crippen molar-refractivity contribution in [3.63, 3.8) is 0 Å². The van der Waals surface area contributed by atoms with Crippen molar-refractivity contribution in [3.05, 3.63) is 0 Å². The summed E-state index contributed by atoms with van der Waals surface area (Å²) in [6, 6.07) is 0.279. The molecule has 0 unspecified atom stereocenters. The molecule has 1 aliphatic rings. The Hall–Kier alpha value is -0.570. The van der Waals surface area contributed by atoms with E-state index in [1.54, 1.807) is 0 Å². The first-order valence-electron chi connectivity index (χ1n) is 4.04. The van der Waals surface area contributed by atoms with E-state index in [0.29, 0.717) is 19.1 Å². The number of ether oxygens (including phenoxy) is 1. The number of nitrogens with zero attached hydrogens (tertiary/aromatic N) is 1. The lowest BCUT2D eigenvalue weighted by Gasteiger charge is -2.35. The van der Waals surface area contributed by atoms with Gasteiger partial charge in [0.15, 0.2) is 0 Å². The number of carbonyl (C=O) groups excluding carboxylic acids is 1. The molecule has 3 nitrogen and oxygen atoms in total. The minimum Gasteiger partial charge on any atom is -0.377 e. The fourth-order valence-corrected chi connectivity index (χ4v) is 1.34. The quantitative estimate of drug-likeness (QED) is 0.546. The number of carbonyl (C=O) groups is 1. The molecule has 0 radical (unpaired) electrons. The average Bonchev–Trinajstić information content (AvgIpc) is 2.04. The van der Waals surface area contributed by atoms with Gasteiger partial charge in [0.1, 0.15) is 0 Å². The number of rotatable bonds is 2. The molecule has 1 aliphatic heterocycles. The second-order valence-electron chi connectivity index (χ2n) is 3.23. The van der Waals surface area contributed by atoms with Crippen molar-refractivity contribution in [2.24, 2.45) is 5.92 Å². The van der Waals surface area contributed by atoms with Gasteiger partial charge >= 0.3 is 0 Å². The Bertz CT molecular complexity index is 136. The van der Waals surface area contributed by atoms with Gasteiger partial charge < -0.3 is 9.64 Å². The molecule has 1 amide bonds. The van der Waals surface area contributed by atoms with Crippen LogP contribution in [0.15, 0.2) is 0 Å². The van der Waals surface area contributed by atoms with Crippen molar-refractivity contribution >= 4 is 6.41 Å². The maximum atomic E-state index is 10.5. The molecule has 0 aliphatic carbocycles. The highest BCUT2D eigenvalue weighted by Gasteiger charge is 2.23. The molecule has 0 aromatic carbocycles. The van der Waals surface area contributed by atoms with Gasteiger partial charge in [-0.05, 0) is 5.92 Å². The molecular weight excluding hydrogens is 142 g/mol. The van der Waals surface area contributed by atoms with Crippen LogP contribution in [0.4, 0.5) is 0 Å². The molecule has 0 N–H and O–H groups in total. The van der Waals surface area contributed by atoms with Crippen molar-refractivity contribution in [1.29, 1.82) is 0 Å². The molecule has 1 saturated heterocycles. The fraction of sp³-hybridized carbons (Fsp3) is 0.875. The molecular formula is C8H15NO2. The first-order chi connectivity index (χ1) is 5.25. The SMILES string of the molecule is CC(C)[C@H]1COCCN1C=O. The molecule has 1 atom stereocenters. The summed E-state index contributed by atoms with van der Waals surface area (Å²) in [5.41, 5.74) is 0. The van der Waals surface area contributed by atoms with Gasteiger partial charge in [-0.2, -0.15) is 0 Å². The summed E-state index contributed by atoms with van der Waals surface area (Å²) in [7, 11) is 0. The summed E-state index contributed by atoms with van der Waals surface area (Å²) < 4.78 is 5.27. The van der Waals surface area contributed by atoms with Crippen molar-refractivity contribution in [2.75, 3.05) is 19.8 Å². The Morgan fingerprint density at radius 2 is 2.36 bits per heavy atom. The van der Waals surface area contributed by atoms with Gasteiger partial charge in [-0.15, -0.1) is 0 Å². The van der Waals surface area contributed by atoms with Gasteiger partial charge in [0, 0.05) is 6.54 Å². The van der Waals surface area contributed by atoms with Crippen molar-refractivity contribution < 1.29 is 9.53 Å². The number of amides is 1. The molecule has 0 saturated carbocycles. The highest BCUT2D eigenvalue weighted by molar-refractivity contribution is 5.48. The number of hydrogen-bond donors (Lipinski definition) is 0. The van der Waals surface area contributed by atoms with Gasteiger partial charge in [-0.25, -0.2) is 0 Å². The predicted molar refractivity (Wildman–Crippen MR) is 42.2 cm³/mol. The third kappa shape index (κ3) is 1.93. The monoisotopic (exact) mass is 157 g/mol. The molecule has 1 rings (SSSR count). The van der Waals surface area contributed by atoms with Gasteiger partial charge in [0.25, 0.3) is 0 Å². The summed E-state index contributed by atoms with van der Waals surface area (Å²) in [6.07, 6.45) is 0.924. The summed E-state index contributed by atoms with van der Waals surface area (Å²) in [4.78, 5) is 12.4. The minimum atomic E-state index is 0.279. The van der Waals surface area contributed by atoms with E-state index in [-0.39, 0.29) is 6.04 Å². The van der Waals surface area contributed by atoms with Crippen LogP contribution >= 0.6 is 0 Å². The second kappa shape index (κ2) is 3.72. The van der Waals surface area contributed by atoms with Crippen molar-refractivity contribution in [1.82, 2.24) is 4.90 Å². The zero-order valence-corrected chi connectivity index (χ0v) is 7.12. The second-order valence-corrected chi connectivity index (χ2v) is 3.23. The van der Waals surface area contributed by atoms with Crippen LogP contribution in [0.3, 0.4) is 0 Å². The molecule has 0 spiro atoms. The van der Waals surface area contributed by atoms with Crippen LogP contribution in [-0.4, -0.2) is 37.1 Å². The van der Waals surface area contributed by atoms with Crippen LogP contribution in [0.5, 0.6) is 0 Å². The summed E-state index contributed by atoms with van der Waals surface area (Å²) in [6.45, 7) is 6.33. The molecule has 1 heterocycles. The Morgan fingerprint density at radius 1 is 1.64 bits per heavy atom. The van der Waals surface area contributed by atoms with E-state index in [1.165, 1.54) is 0 Å². The van der Waals surface area contributed by atoms with Gasteiger partial charge in [-0.1, -0.05) is 13.8 Å². The predicted octanol–water partition coefficient (Wildman–Crippen LogP) is 0.500. The van der Waals surface area contributed by atoms with Crippen LogP contribution < -0.4 is 0 Å². The molecule has 3 heteroatoms. The largest absolute Gasteiger partial charge is 0.377 e. The van der Waals surface area contributed by atoms with Crippen molar-refractivity contribution in [2.45, 2.75) is 19.9 Å². The van der Waals surface area contributed by atoms with Crippen LogP contribution in [0, 0.1) is 5.92 Å². The Morgan fingerprint density at radius 3 is 2.82 bits per heavy atom. The maximum absolute atomic E-state index is 10.5. The van der Waals surface area contributed by atoms with Gasteiger partial charge in [0.2, 0.25) is 6.41 Å². The fourth-order valence-electron chi connectivity index (χ4n) is 1.34. The maximum Gasteiger partial charge on any atom is 0.210 e. The summed E-state index contributed by atoms with van der Waals surface area (Å²) in [5.74, 6) is 0.487. The van der Waals surface area contributed by atoms with Crippen LogP contribution in [-0.2, 0) is 9.53 Å². The van der Waals surface area contributed by atoms with E-state index in [0.717, 1.165) is 13.0 Å². The summed E-state index contributed by atoms with van der Waals surface area (Å²) in [5, 5.41) is 0. The summed E-state index contributed by atoms with van der Waals surface area (Å²) >= 11 is 0. The van der Waals surface area contributed by atoms with Crippen molar-refractivity contribution in [3.8, 4) is 0 Å². The highest BCUT2D eigenvalue weighted by Crippen LogP contribution is 2.12. The lowest BCUT2D eigenvalue weighted by atomic mass is 10.0. The lowest BCUT2D eigenvalue weighted by molar-refractivity contribution is -0.128. The normalized spacial score (nSPS) is 25.7. The van der Waals surface area contributed by atoms with Crippen LogP contribution in [0.25, 0.3) is 0 Å². The van der Waals surface area contributed by atoms with E-state index in [9.17, 15) is 4.79 Å². The molecule has 1 fully saturated rings. The van der Waals surface area contributed by atoms with Gasteiger partial charge in [0.05, 0.1) is 19.3 Å². The highest BCUT2D eigenvalue weighted by atomic mass is 16.5. The first-order valence-corrected chi connectivity index (χ1v) is 4.04. The average molecular weight is 157 g/mol. The molecule has 0 aromatic rings. The first kappa shape index (κ1) is 8.53. The smallest absolute Gasteiger partial charge is 0.210 e. The molecule has 64 valence electrons. The van der Waals surface area contributed by atoms with E-state index >= 15 is 0 Å². The Balaban J connectivity index is 2.51. The standard InChI is InChI=1S/C8H15NO2/c1-7(2)8-5-11-4-3-9(8)6-10/h6-8H,3-5H2,1-2H3/t8-/m1/s1. The Kier molecular flexibility index (Phi) is 2.88. The minimum absolute atomic E-state index is 0.279. The molecule has 0 aromatic heterocycles. The number of hydrogen-bond acceptors (Lipinski definition) is 2. The molecule has 0 bridgehead atoms. The lowest BCUT2D eigenvalue weighted by Crippen LogP contribution is -2.47. The third-order valence-electron chi connectivity index (χ3n) is 2.11. The van der Waals surface area contributed by atoms with E-state index in [2.05, 4.69) is 13.8 Å². The van der Waals surface area contributed by atoms with E-state index in [1.807, 2.05) is 4.90 Å². The van der Waals surface area contributed by atoms with E-state index in [4.69, 9.17) is 4.74 Å². The number of morpholine rings is 1. The topological polar surface area (TPSA) is 29.5 Å². The van der Waals surface area contributed by atoms with E-state index < -0.39 is 0 Å².